The lowest BCUT2D eigenvalue weighted by atomic mass is 9.73. The molecule has 0 saturated carbocycles. The van der Waals surface area contributed by atoms with Gasteiger partial charge in [0.05, 0.1) is 0 Å². The molecule has 2 aromatic carbocycles. The number of benzene rings is 2. The van der Waals surface area contributed by atoms with E-state index in [-0.39, 0.29) is 5.91 Å². The number of hydrogen-bond acceptors (Lipinski definition) is 1. The highest BCUT2D eigenvalue weighted by Crippen LogP contribution is 2.51. The molecule has 0 saturated heterocycles. The van der Waals surface area contributed by atoms with Crippen LogP contribution in [-0.2, 0) is 10.2 Å². The van der Waals surface area contributed by atoms with Gasteiger partial charge in [-0.3, -0.25) is 4.79 Å². The zero-order valence-corrected chi connectivity index (χ0v) is 14.8. The maximum Gasteiger partial charge on any atom is 0.235 e. The number of carbonyl (C=O) groups excluding carboxylic acids is 1. The van der Waals surface area contributed by atoms with Crippen molar-refractivity contribution in [2.45, 2.75) is 51.4 Å². The van der Waals surface area contributed by atoms with E-state index in [1.54, 1.807) is 0 Å². The fraction of sp³-hybridized carbons (Fsp3) is 0.409. The molecule has 1 aliphatic rings. The predicted octanol–water partition coefficient (Wildman–Crippen LogP) is 5.06. The second kappa shape index (κ2) is 7.21. The number of amides is 1. The molecule has 1 aliphatic carbocycles. The van der Waals surface area contributed by atoms with E-state index >= 15 is 0 Å². The molecule has 2 nitrogen and oxygen atoms in total. The van der Waals surface area contributed by atoms with Crippen molar-refractivity contribution in [3.8, 4) is 11.1 Å². The molecule has 0 atom stereocenters. The maximum absolute atomic E-state index is 13.2. The van der Waals surface area contributed by atoms with Gasteiger partial charge in [0.25, 0.3) is 0 Å². The van der Waals surface area contributed by atoms with E-state index in [0.29, 0.717) is 6.54 Å². The van der Waals surface area contributed by atoms with Crippen molar-refractivity contribution in [1.82, 2.24) is 5.32 Å². The summed E-state index contributed by atoms with van der Waals surface area (Å²) in [5.41, 5.74) is 4.25. The van der Waals surface area contributed by atoms with E-state index < -0.39 is 5.41 Å². The third-order valence-electron chi connectivity index (χ3n) is 5.19. The molecule has 0 fully saturated rings. The third kappa shape index (κ3) is 2.64. The predicted molar refractivity (Wildman–Crippen MR) is 100 cm³/mol. The zero-order chi connectivity index (χ0) is 17.0. The summed E-state index contributed by atoms with van der Waals surface area (Å²) in [6.07, 6.45) is 5.58. The highest BCUT2D eigenvalue weighted by Gasteiger charge is 2.48. The lowest BCUT2D eigenvalue weighted by molar-refractivity contribution is -0.125. The van der Waals surface area contributed by atoms with Crippen molar-refractivity contribution in [1.29, 1.82) is 0 Å². The highest BCUT2D eigenvalue weighted by atomic mass is 16.2. The summed E-state index contributed by atoms with van der Waals surface area (Å²) in [6.45, 7) is 4.88. The summed E-state index contributed by atoms with van der Waals surface area (Å²) >= 11 is 0. The number of hydrogen-bond donors (Lipinski definition) is 1. The van der Waals surface area contributed by atoms with Crippen molar-refractivity contribution in [3.05, 3.63) is 59.7 Å². The van der Waals surface area contributed by atoms with Crippen LogP contribution >= 0.6 is 0 Å². The first-order chi connectivity index (χ1) is 11.8. The standard InChI is InChI=1S/C22H27NO/c1-3-5-6-11-16-22(21(24)23-4-2)19-14-9-7-12-17(19)18-13-8-10-15-20(18)22/h7-10,12-15H,3-6,11,16H2,1-2H3,(H,23,24). The molecule has 1 amide bonds. The molecule has 2 heteroatoms. The first-order valence-corrected chi connectivity index (χ1v) is 9.23. The Labute approximate surface area is 145 Å². The van der Waals surface area contributed by atoms with E-state index in [1.807, 2.05) is 6.92 Å². The molecular weight excluding hydrogens is 294 g/mol. The smallest absolute Gasteiger partial charge is 0.235 e. The molecule has 24 heavy (non-hydrogen) atoms. The molecule has 126 valence electrons. The van der Waals surface area contributed by atoms with Crippen molar-refractivity contribution >= 4 is 5.91 Å². The quantitative estimate of drug-likeness (QED) is 0.710. The van der Waals surface area contributed by atoms with E-state index in [4.69, 9.17) is 0 Å². The van der Waals surface area contributed by atoms with Crippen LogP contribution in [0.15, 0.2) is 48.5 Å². The number of carbonyl (C=O) groups is 1. The number of nitrogens with one attached hydrogen (secondary N) is 1. The second-order valence-electron chi connectivity index (χ2n) is 6.67. The normalized spacial score (nSPS) is 14.1. The summed E-state index contributed by atoms with van der Waals surface area (Å²) in [4.78, 5) is 13.2. The fourth-order valence-electron chi connectivity index (χ4n) is 4.08. The first-order valence-electron chi connectivity index (χ1n) is 9.23. The maximum atomic E-state index is 13.2. The molecule has 0 spiro atoms. The molecule has 0 aliphatic heterocycles. The molecule has 0 unspecified atom stereocenters. The van der Waals surface area contributed by atoms with Crippen molar-refractivity contribution < 1.29 is 4.79 Å². The third-order valence-corrected chi connectivity index (χ3v) is 5.19. The van der Waals surface area contributed by atoms with Gasteiger partial charge in [0.1, 0.15) is 5.41 Å². The van der Waals surface area contributed by atoms with Gasteiger partial charge in [-0.2, -0.15) is 0 Å². The van der Waals surface area contributed by atoms with Crippen molar-refractivity contribution in [2.75, 3.05) is 6.54 Å². The monoisotopic (exact) mass is 321 g/mol. The fourth-order valence-corrected chi connectivity index (χ4v) is 4.08. The highest BCUT2D eigenvalue weighted by molar-refractivity contribution is 6.00. The topological polar surface area (TPSA) is 29.1 Å². The average molecular weight is 321 g/mol. The summed E-state index contributed by atoms with van der Waals surface area (Å²) < 4.78 is 0. The summed E-state index contributed by atoms with van der Waals surface area (Å²) in [7, 11) is 0. The van der Waals surface area contributed by atoms with Crippen LogP contribution < -0.4 is 5.32 Å². The van der Waals surface area contributed by atoms with Crippen molar-refractivity contribution in [3.63, 3.8) is 0 Å². The van der Waals surface area contributed by atoms with Crippen LogP contribution in [0.1, 0.15) is 57.1 Å². The Balaban J connectivity index is 2.11. The largest absolute Gasteiger partial charge is 0.355 e. The minimum Gasteiger partial charge on any atom is -0.355 e. The molecule has 0 bridgehead atoms. The van der Waals surface area contributed by atoms with E-state index in [0.717, 1.165) is 12.8 Å². The molecule has 2 aromatic rings. The van der Waals surface area contributed by atoms with Gasteiger partial charge in [0, 0.05) is 6.54 Å². The van der Waals surface area contributed by atoms with Gasteiger partial charge < -0.3 is 5.32 Å². The number of likely N-dealkylation sites (N-methyl/N-ethyl adjacent to an activating group) is 1. The van der Waals surface area contributed by atoms with Crippen LogP contribution in [0.3, 0.4) is 0 Å². The van der Waals surface area contributed by atoms with Crippen LogP contribution in [0.2, 0.25) is 0 Å². The van der Waals surface area contributed by atoms with Crippen LogP contribution in [0.25, 0.3) is 11.1 Å². The minimum atomic E-state index is -0.531. The minimum absolute atomic E-state index is 0.152. The van der Waals surface area contributed by atoms with Gasteiger partial charge in [0.15, 0.2) is 0 Å². The van der Waals surface area contributed by atoms with Gasteiger partial charge in [0.2, 0.25) is 5.91 Å². The Morgan fingerprint density at radius 1 is 0.875 bits per heavy atom. The Kier molecular flexibility index (Phi) is 5.03. The van der Waals surface area contributed by atoms with Gasteiger partial charge in [-0.25, -0.2) is 0 Å². The summed E-state index contributed by atoms with van der Waals surface area (Å²) in [5.74, 6) is 0.152. The number of unbranched alkanes of at least 4 members (excludes halogenated alkanes) is 3. The number of fused-ring (bicyclic) bond motifs is 3. The van der Waals surface area contributed by atoms with Crippen molar-refractivity contribution in [2.24, 2.45) is 0 Å². The average Bonchev–Trinajstić information content (AvgIpc) is 2.91. The second-order valence-corrected chi connectivity index (χ2v) is 6.67. The van der Waals surface area contributed by atoms with Gasteiger partial charge in [-0.15, -0.1) is 0 Å². The number of rotatable bonds is 7. The molecule has 0 aromatic heterocycles. The van der Waals surface area contributed by atoms with Crippen LogP contribution in [-0.4, -0.2) is 12.5 Å². The van der Waals surface area contributed by atoms with Gasteiger partial charge >= 0.3 is 0 Å². The van der Waals surface area contributed by atoms with Gasteiger partial charge in [-0.05, 0) is 35.6 Å². The Morgan fingerprint density at radius 2 is 1.46 bits per heavy atom. The first kappa shape index (κ1) is 16.8. The summed E-state index contributed by atoms with van der Waals surface area (Å²) in [6, 6.07) is 16.9. The Hall–Kier alpha value is -2.09. The zero-order valence-electron chi connectivity index (χ0n) is 14.8. The van der Waals surface area contributed by atoms with E-state index in [1.165, 1.54) is 41.5 Å². The summed E-state index contributed by atoms with van der Waals surface area (Å²) in [5, 5.41) is 3.11. The molecular formula is C22H27NO. The van der Waals surface area contributed by atoms with Crippen LogP contribution in [0.4, 0.5) is 0 Å². The molecule has 1 N–H and O–H groups in total. The molecule has 0 heterocycles. The van der Waals surface area contributed by atoms with E-state index in [9.17, 15) is 4.79 Å². The molecule has 0 radical (unpaired) electrons. The van der Waals surface area contributed by atoms with Gasteiger partial charge in [-0.1, -0.05) is 81.1 Å². The molecule has 3 rings (SSSR count). The van der Waals surface area contributed by atoms with Crippen LogP contribution in [0.5, 0.6) is 0 Å². The SMILES string of the molecule is CCCCCCC1(C(=O)NCC)c2ccccc2-c2ccccc21. The van der Waals surface area contributed by atoms with E-state index in [2.05, 4.69) is 60.8 Å². The van der Waals surface area contributed by atoms with Crippen LogP contribution in [0, 0.1) is 0 Å². The Morgan fingerprint density at radius 3 is 2.00 bits per heavy atom. The lowest BCUT2D eigenvalue weighted by Gasteiger charge is -2.31. The lowest BCUT2D eigenvalue weighted by Crippen LogP contribution is -2.44. The Bertz CT molecular complexity index is 674.